The monoisotopic (exact) mass is 584 g/mol. The van der Waals surface area contributed by atoms with Crippen molar-refractivity contribution < 1.29 is 23.7 Å². The lowest BCUT2D eigenvalue weighted by atomic mass is 9.98. The normalized spacial score (nSPS) is 22.2. The topological polar surface area (TPSA) is 46.2 Å². The molecule has 220 valence electrons. The Bertz CT molecular complexity index is 1280. The van der Waals surface area contributed by atoms with E-state index in [2.05, 4.69) is 55.5 Å². The minimum atomic E-state index is -0.404. The van der Waals surface area contributed by atoms with Crippen molar-refractivity contribution in [3.8, 4) is 0 Å². The highest BCUT2D eigenvalue weighted by Crippen LogP contribution is 2.35. The van der Waals surface area contributed by atoms with Gasteiger partial charge in [-0.2, -0.15) is 0 Å². The van der Waals surface area contributed by atoms with Gasteiger partial charge in [0.2, 0.25) is 0 Å². The maximum Gasteiger partial charge on any atom is 0.132 e. The van der Waals surface area contributed by atoms with E-state index in [-0.39, 0.29) is 23.7 Å². The molecule has 42 heavy (non-hydrogen) atoms. The summed E-state index contributed by atoms with van der Waals surface area (Å²) in [4.78, 5) is 0. The molecule has 1 aliphatic rings. The van der Waals surface area contributed by atoms with Crippen molar-refractivity contribution >= 4 is 11.8 Å². The fraction of sp³-hybridized carbons (Fsp3) is 0.333. The van der Waals surface area contributed by atoms with Crippen LogP contribution in [-0.2, 0) is 50.1 Å². The Morgan fingerprint density at radius 1 is 0.524 bits per heavy atom. The molecule has 0 bridgehead atoms. The standard InChI is InChI=1S/C36H40O5S/c1-2-42-36-35(40-26-31-21-13-6-14-22-31)34(39-25-30-19-11-5-12-20-30)33(38-24-29-17-9-4-10-18-29)32(41-36)27-37-23-28-15-7-3-8-16-28/h3-22,32-36H,2,23-27H2,1H3/t32-,33-,34-,35-,36+/m1/s1. The molecule has 0 aliphatic carbocycles. The Kier molecular flexibility index (Phi) is 12.1. The van der Waals surface area contributed by atoms with Crippen LogP contribution >= 0.6 is 11.8 Å². The second-order valence-electron chi connectivity index (χ2n) is 10.3. The van der Waals surface area contributed by atoms with E-state index in [1.165, 1.54) is 0 Å². The molecule has 4 aromatic rings. The van der Waals surface area contributed by atoms with Crippen LogP contribution in [0.2, 0.25) is 0 Å². The van der Waals surface area contributed by atoms with E-state index in [1.54, 1.807) is 11.8 Å². The summed E-state index contributed by atoms with van der Waals surface area (Å²) in [7, 11) is 0. The molecule has 0 aromatic heterocycles. The third kappa shape index (κ3) is 9.01. The van der Waals surface area contributed by atoms with Crippen LogP contribution in [0.25, 0.3) is 0 Å². The molecule has 0 unspecified atom stereocenters. The molecule has 5 nitrogen and oxygen atoms in total. The van der Waals surface area contributed by atoms with Crippen LogP contribution in [0.3, 0.4) is 0 Å². The first-order valence-corrected chi connectivity index (χ1v) is 15.7. The van der Waals surface area contributed by atoms with Crippen LogP contribution in [0.1, 0.15) is 29.2 Å². The van der Waals surface area contributed by atoms with E-state index in [1.807, 2.05) is 72.8 Å². The number of thioether (sulfide) groups is 1. The molecule has 5 atom stereocenters. The molecule has 0 amide bonds. The van der Waals surface area contributed by atoms with Crippen LogP contribution in [0, 0.1) is 0 Å². The summed E-state index contributed by atoms with van der Waals surface area (Å²) in [6, 6.07) is 40.9. The van der Waals surface area contributed by atoms with Gasteiger partial charge in [0.05, 0.1) is 33.0 Å². The SMILES string of the molecule is CCS[C@@H]1O[C@H](COCc2ccccc2)[C@@H](OCc2ccccc2)[C@@H](OCc2ccccc2)[C@H]1OCc1ccccc1. The molecule has 6 heteroatoms. The summed E-state index contributed by atoms with van der Waals surface area (Å²) in [6.07, 6.45) is -1.45. The van der Waals surface area contributed by atoms with Crippen LogP contribution in [-0.4, -0.2) is 42.2 Å². The molecule has 4 aromatic carbocycles. The number of benzene rings is 4. The van der Waals surface area contributed by atoms with Gasteiger partial charge in [0.15, 0.2) is 0 Å². The first-order valence-electron chi connectivity index (χ1n) is 14.7. The molecule has 1 heterocycles. The summed E-state index contributed by atoms with van der Waals surface area (Å²) in [5, 5.41) is 0. The number of rotatable bonds is 15. The molecule has 0 saturated carbocycles. The van der Waals surface area contributed by atoms with Crippen molar-refractivity contribution in [2.45, 2.75) is 63.2 Å². The highest BCUT2D eigenvalue weighted by molar-refractivity contribution is 7.99. The predicted octanol–water partition coefficient (Wildman–Crippen LogP) is 7.44. The molecular weight excluding hydrogens is 544 g/mol. The molecule has 1 fully saturated rings. The van der Waals surface area contributed by atoms with Gasteiger partial charge in [0, 0.05) is 0 Å². The Morgan fingerprint density at radius 3 is 1.38 bits per heavy atom. The minimum Gasteiger partial charge on any atom is -0.374 e. The second-order valence-corrected chi connectivity index (χ2v) is 11.7. The molecule has 0 N–H and O–H groups in total. The average molecular weight is 585 g/mol. The van der Waals surface area contributed by atoms with Gasteiger partial charge in [-0.05, 0) is 28.0 Å². The van der Waals surface area contributed by atoms with Crippen molar-refractivity contribution in [2.75, 3.05) is 12.4 Å². The Balaban J connectivity index is 1.40. The van der Waals surface area contributed by atoms with E-state index < -0.39 is 6.10 Å². The Hall–Kier alpha value is -2.97. The molecule has 1 aliphatic heterocycles. The maximum absolute atomic E-state index is 6.76. The Morgan fingerprint density at radius 2 is 0.929 bits per heavy atom. The zero-order chi connectivity index (χ0) is 28.8. The van der Waals surface area contributed by atoms with Gasteiger partial charge in [-0.15, -0.1) is 11.8 Å². The quantitative estimate of drug-likeness (QED) is 0.145. The van der Waals surface area contributed by atoms with E-state index in [9.17, 15) is 0 Å². The van der Waals surface area contributed by atoms with Crippen molar-refractivity contribution in [1.82, 2.24) is 0 Å². The summed E-state index contributed by atoms with van der Waals surface area (Å²) in [6.45, 7) is 4.37. The molecule has 5 rings (SSSR count). The average Bonchev–Trinajstić information content (AvgIpc) is 3.05. The second kappa shape index (κ2) is 16.6. The van der Waals surface area contributed by atoms with Gasteiger partial charge in [-0.3, -0.25) is 0 Å². The lowest BCUT2D eigenvalue weighted by molar-refractivity contribution is -0.254. The van der Waals surface area contributed by atoms with Gasteiger partial charge in [-0.25, -0.2) is 0 Å². The van der Waals surface area contributed by atoms with Gasteiger partial charge in [0.25, 0.3) is 0 Å². The smallest absolute Gasteiger partial charge is 0.132 e. The van der Waals surface area contributed by atoms with Crippen molar-refractivity contribution in [2.24, 2.45) is 0 Å². The fourth-order valence-electron chi connectivity index (χ4n) is 5.05. The van der Waals surface area contributed by atoms with E-state index in [4.69, 9.17) is 23.7 Å². The van der Waals surface area contributed by atoms with Gasteiger partial charge in [0.1, 0.15) is 29.9 Å². The van der Waals surface area contributed by atoms with Crippen molar-refractivity contribution in [3.05, 3.63) is 144 Å². The van der Waals surface area contributed by atoms with Gasteiger partial charge < -0.3 is 23.7 Å². The largest absolute Gasteiger partial charge is 0.374 e. The lowest BCUT2D eigenvalue weighted by Gasteiger charge is -2.46. The van der Waals surface area contributed by atoms with Crippen molar-refractivity contribution in [1.29, 1.82) is 0 Å². The maximum atomic E-state index is 6.76. The summed E-state index contributed by atoms with van der Waals surface area (Å²) in [5.41, 5.74) is 4.19. The van der Waals surface area contributed by atoms with E-state index in [0.29, 0.717) is 33.0 Å². The van der Waals surface area contributed by atoms with Crippen molar-refractivity contribution in [3.63, 3.8) is 0 Å². The van der Waals surface area contributed by atoms with Crippen LogP contribution in [0.5, 0.6) is 0 Å². The number of ether oxygens (including phenoxy) is 5. The molecule has 1 saturated heterocycles. The van der Waals surface area contributed by atoms with Crippen LogP contribution in [0.4, 0.5) is 0 Å². The van der Waals surface area contributed by atoms with Gasteiger partial charge >= 0.3 is 0 Å². The molecular formula is C36H40O5S. The highest BCUT2D eigenvalue weighted by atomic mass is 32.2. The Labute approximate surface area is 254 Å². The molecule has 0 spiro atoms. The van der Waals surface area contributed by atoms with E-state index >= 15 is 0 Å². The first-order chi connectivity index (χ1) is 20.8. The van der Waals surface area contributed by atoms with E-state index in [0.717, 1.165) is 28.0 Å². The summed E-state index contributed by atoms with van der Waals surface area (Å²) >= 11 is 1.73. The number of hydrogen-bond donors (Lipinski definition) is 0. The fourth-order valence-corrected chi connectivity index (χ4v) is 6.02. The number of hydrogen-bond acceptors (Lipinski definition) is 6. The minimum absolute atomic E-state index is 0.235. The lowest BCUT2D eigenvalue weighted by Crippen LogP contribution is -2.60. The predicted molar refractivity (Wildman–Crippen MR) is 168 cm³/mol. The highest BCUT2D eigenvalue weighted by Gasteiger charge is 2.48. The van der Waals surface area contributed by atoms with Gasteiger partial charge in [-0.1, -0.05) is 128 Å². The third-order valence-corrected chi connectivity index (χ3v) is 8.21. The zero-order valence-corrected chi connectivity index (χ0v) is 24.9. The zero-order valence-electron chi connectivity index (χ0n) is 24.1. The first kappa shape index (κ1) is 30.5. The third-order valence-electron chi connectivity index (χ3n) is 7.17. The van der Waals surface area contributed by atoms with Crippen LogP contribution in [0.15, 0.2) is 121 Å². The summed E-state index contributed by atoms with van der Waals surface area (Å²) in [5.74, 6) is 0.883. The van der Waals surface area contributed by atoms with Crippen LogP contribution < -0.4 is 0 Å². The summed E-state index contributed by atoms with van der Waals surface area (Å²) < 4.78 is 33.1. The molecule has 0 radical (unpaired) electrons.